The third-order valence-electron chi connectivity index (χ3n) is 5.50. The van der Waals surface area contributed by atoms with E-state index in [-0.39, 0.29) is 5.84 Å². The molecule has 148 valence electrons. The maximum Gasteiger partial charge on any atom is 0.154 e. The van der Waals surface area contributed by atoms with E-state index in [1.54, 1.807) is 0 Å². The quantitative estimate of drug-likeness (QED) is 0.268. The third kappa shape index (κ3) is 3.81. The van der Waals surface area contributed by atoms with Gasteiger partial charge in [-0.05, 0) is 50.9 Å². The highest BCUT2D eigenvalue weighted by atomic mass is 14.9. The lowest BCUT2D eigenvalue weighted by atomic mass is 10.00. The van der Waals surface area contributed by atoms with E-state index >= 15 is 0 Å². The third-order valence-corrected chi connectivity index (χ3v) is 5.50. The van der Waals surface area contributed by atoms with E-state index in [2.05, 4.69) is 47.5 Å². The van der Waals surface area contributed by atoms with Crippen molar-refractivity contribution in [2.24, 2.45) is 10.7 Å². The van der Waals surface area contributed by atoms with Crippen molar-refractivity contribution in [2.75, 3.05) is 0 Å². The van der Waals surface area contributed by atoms with Crippen LogP contribution in [0.15, 0.2) is 114 Å². The van der Waals surface area contributed by atoms with E-state index in [1.807, 2.05) is 66.7 Å². The fraction of sp³-hybridized carbons (Fsp3) is 0. The van der Waals surface area contributed by atoms with Gasteiger partial charge in [0, 0.05) is 11.1 Å². The summed E-state index contributed by atoms with van der Waals surface area (Å²) in [5, 5.41) is 12.9. The van der Waals surface area contributed by atoms with Crippen LogP contribution < -0.4 is 5.73 Å². The summed E-state index contributed by atoms with van der Waals surface area (Å²) in [6, 6.07) is 36.7. The Labute approximate surface area is 181 Å². The molecule has 3 heteroatoms. The molecule has 0 spiro atoms. The summed E-state index contributed by atoms with van der Waals surface area (Å²) in [5.74, 6) is 0.495. The van der Waals surface area contributed by atoms with Crippen LogP contribution in [0.5, 0.6) is 0 Å². The van der Waals surface area contributed by atoms with Crippen molar-refractivity contribution in [1.82, 2.24) is 0 Å². The molecule has 0 saturated carbocycles. The van der Waals surface area contributed by atoms with Crippen LogP contribution in [0.3, 0.4) is 0 Å². The Morgan fingerprint density at radius 3 is 1.97 bits per heavy atom. The lowest BCUT2D eigenvalue weighted by Gasteiger charge is -2.07. The van der Waals surface area contributed by atoms with Crippen LogP contribution in [0.1, 0.15) is 11.1 Å². The molecular weight excluding hydrogens is 378 g/mol. The summed E-state index contributed by atoms with van der Waals surface area (Å²) >= 11 is 0. The molecule has 0 aliphatic rings. The normalized spacial score (nSPS) is 11.7. The minimum atomic E-state index is 0.155. The molecule has 0 aliphatic heterocycles. The first-order chi connectivity index (χ1) is 15.2. The van der Waals surface area contributed by atoms with Crippen LogP contribution in [0.4, 0.5) is 0 Å². The molecule has 5 aromatic carbocycles. The molecule has 5 rings (SSSR count). The van der Waals surface area contributed by atoms with Crippen LogP contribution in [0, 0.1) is 5.41 Å². The minimum Gasteiger partial charge on any atom is -0.383 e. The van der Waals surface area contributed by atoms with E-state index in [1.165, 1.54) is 11.1 Å². The summed E-state index contributed by atoms with van der Waals surface area (Å²) in [6.07, 6.45) is 0. The zero-order valence-corrected chi connectivity index (χ0v) is 16.9. The Kier molecular flexibility index (Phi) is 4.77. The van der Waals surface area contributed by atoms with Gasteiger partial charge in [0.2, 0.25) is 0 Å². The topological polar surface area (TPSA) is 62.2 Å². The van der Waals surface area contributed by atoms with E-state index in [4.69, 9.17) is 11.1 Å². The van der Waals surface area contributed by atoms with Crippen molar-refractivity contribution in [3.63, 3.8) is 0 Å². The number of amidine groups is 2. The highest BCUT2D eigenvalue weighted by molar-refractivity contribution is 6.11. The van der Waals surface area contributed by atoms with Gasteiger partial charge in [-0.2, -0.15) is 0 Å². The fourth-order valence-corrected chi connectivity index (χ4v) is 3.80. The maximum absolute atomic E-state index is 8.40. The molecule has 0 aliphatic carbocycles. The van der Waals surface area contributed by atoms with Crippen LogP contribution in [-0.4, -0.2) is 11.7 Å². The molecule has 0 aromatic heterocycles. The van der Waals surface area contributed by atoms with Crippen molar-refractivity contribution in [3.05, 3.63) is 120 Å². The number of benzene rings is 5. The highest BCUT2D eigenvalue weighted by Gasteiger charge is 2.06. The average molecular weight is 399 g/mol. The molecule has 0 heterocycles. The van der Waals surface area contributed by atoms with Gasteiger partial charge in [-0.25, -0.2) is 4.99 Å². The first-order valence-electron chi connectivity index (χ1n) is 10.2. The Morgan fingerprint density at radius 1 is 0.548 bits per heavy atom. The lowest BCUT2D eigenvalue weighted by Crippen LogP contribution is -2.15. The second kappa shape index (κ2) is 7.88. The van der Waals surface area contributed by atoms with Crippen LogP contribution in [-0.2, 0) is 0 Å². The number of hydrogen-bond acceptors (Lipinski definition) is 1. The van der Waals surface area contributed by atoms with Gasteiger partial charge in [-0.3, -0.25) is 5.41 Å². The molecule has 0 saturated heterocycles. The Morgan fingerprint density at radius 2 is 1.13 bits per heavy atom. The fourth-order valence-electron chi connectivity index (χ4n) is 3.80. The van der Waals surface area contributed by atoms with Gasteiger partial charge >= 0.3 is 0 Å². The smallest absolute Gasteiger partial charge is 0.154 e. The van der Waals surface area contributed by atoms with E-state index in [9.17, 15) is 0 Å². The van der Waals surface area contributed by atoms with Crippen molar-refractivity contribution in [3.8, 4) is 11.1 Å². The van der Waals surface area contributed by atoms with Crippen molar-refractivity contribution in [1.29, 1.82) is 5.41 Å². The van der Waals surface area contributed by atoms with Gasteiger partial charge in [0.25, 0.3) is 0 Å². The number of rotatable bonds is 3. The van der Waals surface area contributed by atoms with E-state index in [0.29, 0.717) is 5.84 Å². The van der Waals surface area contributed by atoms with Crippen LogP contribution in [0.25, 0.3) is 32.7 Å². The number of fused-ring (bicyclic) bond motifs is 2. The van der Waals surface area contributed by atoms with Gasteiger partial charge in [-0.1, -0.05) is 91.0 Å². The first-order valence-corrected chi connectivity index (χ1v) is 10.2. The summed E-state index contributed by atoms with van der Waals surface area (Å²) in [5.41, 5.74) is 10.2. The highest BCUT2D eigenvalue weighted by Crippen LogP contribution is 2.25. The first kappa shape index (κ1) is 18.8. The summed E-state index contributed by atoms with van der Waals surface area (Å²) in [7, 11) is 0. The van der Waals surface area contributed by atoms with Gasteiger partial charge in [0.15, 0.2) is 5.84 Å². The lowest BCUT2D eigenvalue weighted by molar-refractivity contribution is 1.40. The number of nitrogens with two attached hydrogens (primary N) is 1. The van der Waals surface area contributed by atoms with Gasteiger partial charge in [0.05, 0.1) is 0 Å². The number of aliphatic imine (C=N–C) groups is 1. The second-order valence-corrected chi connectivity index (χ2v) is 7.55. The molecule has 0 fully saturated rings. The molecule has 3 nitrogen and oxygen atoms in total. The second-order valence-electron chi connectivity index (χ2n) is 7.55. The SMILES string of the molecule is N=C(N=C(N)c1ccc2cc(-c3ccccc3)ccc2c1)c1ccc2ccccc2c1. The van der Waals surface area contributed by atoms with Crippen molar-refractivity contribution < 1.29 is 0 Å². The molecule has 3 N–H and O–H groups in total. The molecular formula is C28H21N3. The monoisotopic (exact) mass is 399 g/mol. The maximum atomic E-state index is 8.40. The molecule has 0 radical (unpaired) electrons. The van der Waals surface area contributed by atoms with Crippen LogP contribution >= 0.6 is 0 Å². The average Bonchev–Trinajstić information content (AvgIpc) is 2.83. The standard InChI is InChI=1S/C28H21N3/c29-27(25-14-10-20-8-4-5-9-21(20)17-25)31-28(30)26-15-13-23-16-22(11-12-24(23)18-26)19-6-2-1-3-7-19/h1-18H,(H3,29,30,31). The summed E-state index contributed by atoms with van der Waals surface area (Å²) in [6.45, 7) is 0. The van der Waals surface area contributed by atoms with Gasteiger partial charge in [0.1, 0.15) is 5.84 Å². The van der Waals surface area contributed by atoms with Crippen molar-refractivity contribution >= 4 is 33.2 Å². The molecule has 0 bridgehead atoms. The molecule has 31 heavy (non-hydrogen) atoms. The largest absolute Gasteiger partial charge is 0.383 e. The van der Waals surface area contributed by atoms with Crippen LogP contribution in [0.2, 0.25) is 0 Å². The zero-order chi connectivity index (χ0) is 21.2. The van der Waals surface area contributed by atoms with Gasteiger partial charge in [-0.15, -0.1) is 0 Å². The summed E-state index contributed by atoms with van der Waals surface area (Å²) < 4.78 is 0. The van der Waals surface area contributed by atoms with E-state index in [0.717, 1.165) is 32.7 Å². The minimum absolute atomic E-state index is 0.155. The number of hydrogen-bond donors (Lipinski definition) is 2. The van der Waals surface area contributed by atoms with Gasteiger partial charge < -0.3 is 5.73 Å². The zero-order valence-electron chi connectivity index (χ0n) is 16.9. The Hall–Kier alpha value is -4.24. The predicted octanol–water partition coefficient (Wildman–Crippen LogP) is 6.39. The molecule has 0 unspecified atom stereocenters. The number of nitrogens with zero attached hydrogens (tertiary/aromatic N) is 1. The van der Waals surface area contributed by atoms with E-state index < -0.39 is 0 Å². The summed E-state index contributed by atoms with van der Waals surface area (Å²) in [4.78, 5) is 4.37. The molecule has 0 amide bonds. The Balaban J connectivity index is 1.44. The predicted molar refractivity (Wildman–Crippen MR) is 131 cm³/mol. The van der Waals surface area contributed by atoms with Crippen molar-refractivity contribution in [2.45, 2.75) is 0 Å². The number of nitrogens with one attached hydrogen (secondary N) is 1. The molecule has 5 aromatic rings. The molecule has 0 atom stereocenters. The Bertz CT molecular complexity index is 1450.